The number of dihydropyridines is 1. The number of hydrogen-bond acceptors (Lipinski definition) is 7. The van der Waals surface area contributed by atoms with Gasteiger partial charge in [-0.2, -0.15) is 5.26 Å². The number of rotatable bonds is 11. The van der Waals surface area contributed by atoms with Crippen molar-refractivity contribution < 1.29 is 24.4 Å². The van der Waals surface area contributed by atoms with Crippen LogP contribution < -0.4 is 5.32 Å². The molecular formula is C23H27N3O6. The van der Waals surface area contributed by atoms with Gasteiger partial charge >= 0.3 is 11.9 Å². The summed E-state index contributed by atoms with van der Waals surface area (Å²) in [4.78, 5) is 35.9. The van der Waals surface area contributed by atoms with Crippen molar-refractivity contribution >= 4 is 17.6 Å². The van der Waals surface area contributed by atoms with Gasteiger partial charge in [-0.3, -0.25) is 10.1 Å². The molecule has 1 heterocycles. The third kappa shape index (κ3) is 5.72. The minimum atomic E-state index is -1.19. The molecular weight excluding hydrogens is 414 g/mol. The second-order valence-corrected chi connectivity index (χ2v) is 7.35. The number of carboxylic acids is 1. The van der Waals surface area contributed by atoms with E-state index in [-0.39, 0.29) is 29.9 Å². The van der Waals surface area contributed by atoms with Crippen LogP contribution in [-0.2, 0) is 14.3 Å². The fourth-order valence-electron chi connectivity index (χ4n) is 3.72. The number of nitro groups is 1. The summed E-state index contributed by atoms with van der Waals surface area (Å²) in [5.41, 5.74) is 1.56. The van der Waals surface area contributed by atoms with Gasteiger partial charge in [0, 0.05) is 23.5 Å². The van der Waals surface area contributed by atoms with Crippen molar-refractivity contribution in [1.82, 2.24) is 5.32 Å². The molecule has 0 amide bonds. The molecule has 0 saturated heterocycles. The number of non-ortho nitro benzene ring substituents is 1. The maximum absolute atomic E-state index is 13.1. The van der Waals surface area contributed by atoms with Crippen molar-refractivity contribution in [3.05, 3.63) is 62.5 Å². The number of unbranched alkanes of at least 4 members (excludes halogenated alkanes) is 2. The average molecular weight is 441 g/mol. The Kier molecular flexibility index (Phi) is 8.95. The number of esters is 1. The van der Waals surface area contributed by atoms with Crippen LogP contribution in [0.4, 0.5) is 5.69 Å². The van der Waals surface area contributed by atoms with E-state index in [4.69, 9.17) is 10.00 Å². The fourth-order valence-corrected chi connectivity index (χ4v) is 3.72. The molecule has 2 rings (SSSR count). The molecule has 32 heavy (non-hydrogen) atoms. The normalized spacial score (nSPS) is 15.7. The Morgan fingerprint density at radius 1 is 1.19 bits per heavy atom. The minimum Gasteiger partial charge on any atom is -0.478 e. The van der Waals surface area contributed by atoms with Crippen LogP contribution >= 0.6 is 0 Å². The van der Waals surface area contributed by atoms with Gasteiger partial charge < -0.3 is 15.2 Å². The zero-order valence-corrected chi connectivity index (χ0v) is 18.2. The smallest absolute Gasteiger partial charge is 0.336 e. The summed E-state index contributed by atoms with van der Waals surface area (Å²) < 4.78 is 5.29. The van der Waals surface area contributed by atoms with Crippen LogP contribution in [0.5, 0.6) is 0 Å². The Balaban J connectivity index is 2.64. The number of hydrogen-bond donors (Lipinski definition) is 2. The molecule has 1 aromatic rings. The SMILES string of the molecule is CCCCCC1=C(C(=O)OCCC#N)C(c2ccc([N+](=O)[O-])cc2)C(C(=O)O)=C(CC)N1. The summed E-state index contributed by atoms with van der Waals surface area (Å²) in [6.07, 6.45) is 3.64. The first-order chi connectivity index (χ1) is 15.3. The standard InChI is InChI=1S/C23H27N3O6/c1-3-5-6-8-18-21(23(29)32-14-7-13-24)19(20(22(27)28)17(4-2)25-18)15-9-11-16(12-10-15)26(30)31/h9-12,19,25H,3-8,14H2,1-2H3,(H,27,28). The number of carbonyl (C=O) groups excluding carboxylic acids is 1. The van der Waals surface area contributed by atoms with E-state index in [1.54, 1.807) is 0 Å². The molecule has 0 spiro atoms. The average Bonchev–Trinajstić information content (AvgIpc) is 2.78. The first-order valence-electron chi connectivity index (χ1n) is 10.6. The molecule has 1 aliphatic heterocycles. The summed E-state index contributed by atoms with van der Waals surface area (Å²) in [6.45, 7) is 3.76. The summed E-state index contributed by atoms with van der Waals surface area (Å²) in [5.74, 6) is -2.83. The van der Waals surface area contributed by atoms with E-state index in [9.17, 15) is 24.8 Å². The van der Waals surface area contributed by atoms with E-state index in [0.717, 1.165) is 19.3 Å². The molecule has 1 atom stereocenters. The van der Waals surface area contributed by atoms with Gasteiger partial charge in [-0.05, 0) is 24.8 Å². The molecule has 9 heteroatoms. The monoisotopic (exact) mass is 441 g/mol. The van der Waals surface area contributed by atoms with Gasteiger partial charge in [0.1, 0.15) is 6.61 Å². The Morgan fingerprint density at radius 3 is 2.41 bits per heavy atom. The highest BCUT2D eigenvalue weighted by atomic mass is 16.6. The summed E-state index contributed by atoms with van der Waals surface area (Å²) >= 11 is 0. The number of aliphatic carboxylic acids is 1. The predicted molar refractivity (Wildman–Crippen MR) is 116 cm³/mol. The van der Waals surface area contributed by atoms with Crippen LogP contribution in [0.2, 0.25) is 0 Å². The Labute approximate surface area is 186 Å². The number of allylic oxidation sites excluding steroid dienone is 2. The molecule has 0 bridgehead atoms. The number of carboxylic acid groups (broad SMARTS) is 1. The molecule has 0 aliphatic carbocycles. The van der Waals surface area contributed by atoms with Gasteiger partial charge in [0.15, 0.2) is 0 Å². The molecule has 1 aromatic carbocycles. The van der Waals surface area contributed by atoms with E-state index in [2.05, 4.69) is 12.2 Å². The van der Waals surface area contributed by atoms with Crippen molar-refractivity contribution in [1.29, 1.82) is 5.26 Å². The van der Waals surface area contributed by atoms with Gasteiger partial charge in [-0.25, -0.2) is 9.59 Å². The second kappa shape index (κ2) is 11.6. The summed E-state index contributed by atoms with van der Waals surface area (Å²) in [7, 11) is 0. The second-order valence-electron chi connectivity index (χ2n) is 7.35. The van der Waals surface area contributed by atoms with E-state index in [0.29, 0.717) is 29.8 Å². The van der Waals surface area contributed by atoms with Crippen LogP contribution in [0.3, 0.4) is 0 Å². The number of benzene rings is 1. The summed E-state index contributed by atoms with van der Waals surface area (Å²) in [5, 5.41) is 33.0. The van der Waals surface area contributed by atoms with Crippen molar-refractivity contribution in [2.24, 2.45) is 0 Å². The minimum absolute atomic E-state index is 0.00725. The van der Waals surface area contributed by atoms with E-state index < -0.39 is 22.8 Å². The van der Waals surface area contributed by atoms with Crippen molar-refractivity contribution in [3.8, 4) is 6.07 Å². The molecule has 9 nitrogen and oxygen atoms in total. The number of nitrogens with zero attached hydrogens (tertiary/aromatic N) is 2. The highest BCUT2D eigenvalue weighted by Crippen LogP contribution is 2.41. The van der Waals surface area contributed by atoms with Crippen LogP contribution in [0.1, 0.15) is 63.9 Å². The fraction of sp³-hybridized carbons (Fsp3) is 0.435. The lowest BCUT2D eigenvalue weighted by atomic mass is 9.79. The van der Waals surface area contributed by atoms with Crippen LogP contribution in [-0.4, -0.2) is 28.6 Å². The summed E-state index contributed by atoms with van der Waals surface area (Å²) in [6, 6.07) is 7.42. The lowest BCUT2D eigenvalue weighted by molar-refractivity contribution is -0.384. The molecule has 0 aromatic heterocycles. The van der Waals surface area contributed by atoms with E-state index in [1.165, 1.54) is 24.3 Å². The first kappa shape index (κ1) is 24.6. The molecule has 170 valence electrons. The van der Waals surface area contributed by atoms with E-state index >= 15 is 0 Å². The predicted octanol–water partition coefficient (Wildman–Crippen LogP) is 4.32. The number of ether oxygens (including phenoxy) is 1. The van der Waals surface area contributed by atoms with E-state index in [1.807, 2.05) is 13.0 Å². The number of nitro benzene ring substituents is 1. The molecule has 2 N–H and O–H groups in total. The van der Waals surface area contributed by atoms with Gasteiger partial charge in [0.2, 0.25) is 0 Å². The zero-order chi connectivity index (χ0) is 23.7. The van der Waals surface area contributed by atoms with Crippen LogP contribution in [0.15, 0.2) is 46.8 Å². The van der Waals surface area contributed by atoms with Gasteiger partial charge in [0.05, 0.1) is 34.5 Å². The lowest BCUT2D eigenvalue weighted by Crippen LogP contribution is -2.33. The third-order valence-corrected chi connectivity index (χ3v) is 5.25. The largest absolute Gasteiger partial charge is 0.478 e. The van der Waals surface area contributed by atoms with Crippen molar-refractivity contribution in [2.75, 3.05) is 6.61 Å². The first-order valence-corrected chi connectivity index (χ1v) is 10.6. The maximum atomic E-state index is 13.1. The maximum Gasteiger partial charge on any atom is 0.336 e. The lowest BCUT2D eigenvalue weighted by Gasteiger charge is -2.32. The van der Waals surface area contributed by atoms with Crippen molar-refractivity contribution in [2.45, 2.75) is 58.3 Å². The highest BCUT2D eigenvalue weighted by molar-refractivity contribution is 5.99. The Bertz CT molecular complexity index is 972. The van der Waals surface area contributed by atoms with Gasteiger partial charge in [0.25, 0.3) is 5.69 Å². The number of nitrogens with one attached hydrogen (secondary N) is 1. The quantitative estimate of drug-likeness (QED) is 0.224. The van der Waals surface area contributed by atoms with Gasteiger partial charge in [-0.15, -0.1) is 0 Å². The third-order valence-electron chi connectivity index (χ3n) is 5.25. The topological polar surface area (TPSA) is 143 Å². The highest BCUT2D eigenvalue weighted by Gasteiger charge is 2.38. The molecule has 0 saturated carbocycles. The number of carbonyl (C=O) groups is 2. The number of nitriles is 1. The zero-order valence-electron chi connectivity index (χ0n) is 18.2. The molecule has 1 unspecified atom stereocenters. The van der Waals surface area contributed by atoms with Crippen LogP contribution in [0, 0.1) is 21.4 Å². The molecule has 0 radical (unpaired) electrons. The van der Waals surface area contributed by atoms with Gasteiger partial charge in [-0.1, -0.05) is 38.8 Å². The Hall–Kier alpha value is -3.67. The molecule has 0 fully saturated rings. The van der Waals surface area contributed by atoms with Crippen molar-refractivity contribution in [3.63, 3.8) is 0 Å². The van der Waals surface area contributed by atoms with Crippen LogP contribution in [0.25, 0.3) is 0 Å². The molecule has 1 aliphatic rings. The Morgan fingerprint density at radius 2 is 1.88 bits per heavy atom.